The molecule has 0 fully saturated rings. The summed E-state index contributed by atoms with van der Waals surface area (Å²) >= 11 is 0. The summed E-state index contributed by atoms with van der Waals surface area (Å²) in [4.78, 5) is 0.0553. The van der Waals surface area contributed by atoms with E-state index in [4.69, 9.17) is 0 Å². The second-order valence-corrected chi connectivity index (χ2v) is 8.24. The Morgan fingerprint density at radius 1 is 0.909 bits per heavy atom. The molecule has 0 aliphatic carbocycles. The Balaban J connectivity index is 2.21. The number of hydrogen-bond acceptors (Lipinski definition) is 4. The molecule has 0 atom stereocenters. The van der Waals surface area contributed by atoms with Gasteiger partial charge < -0.3 is 0 Å². The zero-order chi connectivity index (χ0) is 16.2. The summed E-state index contributed by atoms with van der Waals surface area (Å²) in [5, 5.41) is 1.04. The van der Waals surface area contributed by atoms with Crippen molar-refractivity contribution in [3.63, 3.8) is 0 Å². The minimum absolute atomic E-state index is 0.0553. The van der Waals surface area contributed by atoms with Gasteiger partial charge in [0.15, 0.2) is 9.84 Å². The van der Waals surface area contributed by atoms with Gasteiger partial charge in [-0.15, -0.1) is 0 Å². The molecule has 5 nitrogen and oxygen atoms in total. The highest BCUT2D eigenvalue weighted by Crippen LogP contribution is 2.17. The Bertz CT molecular complexity index is 886. The Morgan fingerprint density at radius 3 is 2.23 bits per heavy atom. The quantitative estimate of drug-likeness (QED) is 0.909. The molecule has 22 heavy (non-hydrogen) atoms. The van der Waals surface area contributed by atoms with Crippen molar-refractivity contribution in [2.24, 2.45) is 0 Å². The third kappa shape index (κ3) is 4.71. The maximum Gasteiger partial charge on any atom is 0.255 e. The lowest BCUT2D eigenvalue weighted by molar-refractivity contribution is 0.601. The molecule has 7 heteroatoms. The van der Waals surface area contributed by atoms with Gasteiger partial charge in [0.25, 0.3) is 10.0 Å². The van der Waals surface area contributed by atoms with Crippen LogP contribution in [-0.4, -0.2) is 23.1 Å². The van der Waals surface area contributed by atoms with Crippen LogP contribution in [0.4, 0.5) is 5.69 Å². The molecule has 0 aromatic heterocycles. The molecule has 0 radical (unpaired) electrons. The zero-order valence-electron chi connectivity index (χ0n) is 11.8. The number of benzene rings is 2. The van der Waals surface area contributed by atoms with Gasteiger partial charge in [-0.1, -0.05) is 36.4 Å². The summed E-state index contributed by atoms with van der Waals surface area (Å²) in [5.74, 6) is 0. The summed E-state index contributed by atoms with van der Waals surface area (Å²) in [7, 11) is -7.11. The number of anilines is 1. The van der Waals surface area contributed by atoms with Crippen LogP contribution in [0.1, 0.15) is 5.56 Å². The van der Waals surface area contributed by atoms with E-state index in [1.54, 1.807) is 24.3 Å². The molecule has 2 aromatic rings. The van der Waals surface area contributed by atoms with Gasteiger partial charge in [0.2, 0.25) is 0 Å². The fraction of sp³-hybridized carbons (Fsp3) is 0.0667. The Morgan fingerprint density at radius 2 is 1.59 bits per heavy atom. The molecule has 0 unspecified atom stereocenters. The molecular formula is C15H15NO4S2. The molecule has 0 aliphatic rings. The van der Waals surface area contributed by atoms with E-state index < -0.39 is 19.9 Å². The maximum absolute atomic E-state index is 12.0. The molecule has 1 N–H and O–H groups in total. The highest BCUT2D eigenvalue weighted by molar-refractivity contribution is 7.95. The first-order chi connectivity index (χ1) is 10.3. The van der Waals surface area contributed by atoms with Crippen LogP contribution >= 0.6 is 0 Å². The van der Waals surface area contributed by atoms with E-state index in [0.29, 0.717) is 0 Å². The van der Waals surface area contributed by atoms with Crippen LogP contribution in [0.5, 0.6) is 0 Å². The van der Waals surface area contributed by atoms with Crippen LogP contribution in [-0.2, 0) is 19.9 Å². The molecule has 0 aliphatic heterocycles. The van der Waals surface area contributed by atoms with E-state index >= 15 is 0 Å². The highest BCUT2D eigenvalue weighted by Gasteiger charge is 2.10. The van der Waals surface area contributed by atoms with Crippen LogP contribution in [0.2, 0.25) is 0 Å². The molecule has 2 aromatic carbocycles. The van der Waals surface area contributed by atoms with E-state index in [1.165, 1.54) is 30.3 Å². The number of sulfonamides is 1. The molecule has 0 saturated heterocycles. The summed E-state index contributed by atoms with van der Waals surface area (Å²) in [6.07, 6.45) is 2.53. The standard InChI is InChI=1S/C15H15NO4S2/c1-21(17,18)15-9-5-8-14(12-15)16-22(19,20)11-10-13-6-3-2-4-7-13/h2-12,16H,1H3. The number of nitrogens with one attached hydrogen (secondary N) is 1. The van der Waals surface area contributed by atoms with Crippen molar-refractivity contribution in [2.75, 3.05) is 11.0 Å². The van der Waals surface area contributed by atoms with E-state index in [0.717, 1.165) is 17.2 Å². The van der Waals surface area contributed by atoms with Crippen LogP contribution in [0, 0.1) is 0 Å². The monoisotopic (exact) mass is 337 g/mol. The lowest BCUT2D eigenvalue weighted by Gasteiger charge is -2.06. The minimum Gasteiger partial charge on any atom is -0.280 e. The van der Waals surface area contributed by atoms with Crippen molar-refractivity contribution < 1.29 is 16.8 Å². The van der Waals surface area contributed by atoms with Crippen LogP contribution in [0.15, 0.2) is 64.9 Å². The predicted octanol–water partition coefficient (Wildman–Crippen LogP) is 2.50. The molecule has 0 saturated carbocycles. The average molecular weight is 337 g/mol. The van der Waals surface area contributed by atoms with Crippen LogP contribution < -0.4 is 4.72 Å². The van der Waals surface area contributed by atoms with Gasteiger partial charge in [0.1, 0.15) is 0 Å². The fourth-order valence-corrected chi connectivity index (χ4v) is 3.25. The molecule has 2 rings (SSSR count). The maximum atomic E-state index is 12.0. The Kier molecular flexibility index (Phi) is 4.68. The van der Waals surface area contributed by atoms with Gasteiger partial charge >= 0.3 is 0 Å². The zero-order valence-corrected chi connectivity index (χ0v) is 13.4. The summed E-state index contributed by atoms with van der Waals surface area (Å²) in [6, 6.07) is 14.6. The topological polar surface area (TPSA) is 80.3 Å². The van der Waals surface area contributed by atoms with Crippen molar-refractivity contribution in [3.05, 3.63) is 65.6 Å². The molecule has 116 valence electrons. The molecule has 0 bridgehead atoms. The van der Waals surface area contributed by atoms with E-state index in [-0.39, 0.29) is 10.6 Å². The second-order valence-electron chi connectivity index (χ2n) is 4.66. The van der Waals surface area contributed by atoms with Gasteiger partial charge in [0, 0.05) is 6.26 Å². The SMILES string of the molecule is CS(=O)(=O)c1cccc(NS(=O)(=O)C=Cc2ccccc2)c1. The number of hydrogen-bond donors (Lipinski definition) is 1. The third-order valence-corrected chi connectivity index (χ3v) is 4.89. The van der Waals surface area contributed by atoms with Gasteiger partial charge in [0.05, 0.1) is 16.0 Å². The Labute approximate surface area is 130 Å². The van der Waals surface area contributed by atoms with Crippen molar-refractivity contribution in [1.29, 1.82) is 0 Å². The first-order valence-corrected chi connectivity index (χ1v) is 9.76. The predicted molar refractivity (Wildman–Crippen MR) is 87.6 cm³/mol. The van der Waals surface area contributed by atoms with Crippen molar-refractivity contribution >= 4 is 31.6 Å². The lowest BCUT2D eigenvalue weighted by Crippen LogP contribution is -2.09. The molecule has 0 heterocycles. The van der Waals surface area contributed by atoms with Gasteiger partial charge in [-0.2, -0.15) is 0 Å². The average Bonchev–Trinajstić information content (AvgIpc) is 2.45. The first kappa shape index (κ1) is 16.3. The fourth-order valence-electron chi connectivity index (χ4n) is 1.72. The van der Waals surface area contributed by atoms with Crippen LogP contribution in [0.25, 0.3) is 6.08 Å². The van der Waals surface area contributed by atoms with Gasteiger partial charge in [-0.05, 0) is 29.8 Å². The first-order valence-electron chi connectivity index (χ1n) is 6.32. The van der Waals surface area contributed by atoms with Crippen molar-refractivity contribution in [3.8, 4) is 0 Å². The summed E-state index contributed by atoms with van der Waals surface area (Å²) in [5.41, 5.74) is 0.943. The highest BCUT2D eigenvalue weighted by atomic mass is 32.2. The lowest BCUT2D eigenvalue weighted by atomic mass is 10.2. The number of rotatable bonds is 5. The summed E-state index contributed by atoms with van der Waals surface area (Å²) < 4.78 is 49.2. The Hall–Kier alpha value is -2.12. The van der Waals surface area contributed by atoms with E-state index in [9.17, 15) is 16.8 Å². The second kappa shape index (κ2) is 6.33. The van der Waals surface area contributed by atoms with Crippen LogP contribution in [0.3, 0.4) is 0 Å². The largest absolute Gasteiger partial charge is 0.280 e. The smallest absolute Gasteiger partial charge is 0.255 e. The minimum atomic E-state index is -3.72. The molecular weight excluding hydrogens is 322 g/mol. The van der Waals surface area contributed by atoms with Gasteiger partial charge in [-0.3, -0.25) is 4.72 Å². The molecule has 0 amide bonds. The van der Waals surface area contributed by atoms with Crippen molar-refractivity contribution in [1.82, 2.24) is 0 Å². The number of sulfone groups is 1. The summed E-state index contributed by atoms with van der Waals surface area (Å²) in [6.45, 7) is 0. The normalized spacial score (nSPS) is 12.4. The molecule has 0 spiro atoms. The van der Waals surface area contributed by atoms with E-state index in [2.05, 4.69) is 4.72 Å². The van der Waals surface area contributed by atoms with E-state index in [1.807, 2.05) is 6.07 Å². The van der Waals surface area contributed by atoms with Crippen molar-refractivity contribution in [2.45, 2.75) is 4.90 Å². The third-order valence-electron chi connectivity index (χ3n) is 2.76. The van der Waals surface area contributed by atoms with Gasteiger partial charge in [-0.25, -0.2) is 16.8 Å².